The maximum absolute atomic E-state index is 9.04. The second-order valence-corrected chi connectivity index (χ2v) is 3.83. The number of aromatic nitrogens is 1. The van der Waals surface area contributed by atoms with Gasteiger partial charge in [0.25, 0.3) is 0 Å². The zero-order valence-corrected chi connectivity index (χ0v) is 10.1. The minimum atomic E-state index is 0.673. The molecule has 1 aromatic heterocycles. The Bertz CT molecular complexity index is 354. The third kappa shape index (κ3) is 3.23. The Balaban J connectivity index is 2.87. The first-order valence-corrected chi connectivity index (χ1v) is 5.93. The molecule has 0 N–H and O–H groups in total. The number of hydrogen-bond donors (Lipinski definition) is 0. The number of anilines is 1. The summed E-state index contributed by atoms with van der Waals surface area (Å²) in [6.07, 6.45) is 5.13. The van der Waals surface area contributed by atoms with Gasteiger partial charge in [0.15, 0.2) is 0 Å². The molecule has 0 saturated carbocycles. The highest BCUT2D eigenvalue weighted by Crippen LogP contribution is 2.17. The Kier molecular flexibility index (Phi) is 5.35. The molecule has 0 aliphatic carbocycles. The summed E-state index contributed by atoms with van der Waals surface area (Å²) in [6.45, 7) is 6.27. The number of nitriles is 1. The van der Waals surface area contributed by atoms with Crippen LogP contribution in [0.1, 0.15) is 38.7 Å². The fourth-order valence-electron chi connectivity index (χ4n) is 1.68. The summed E-state index contributed by atoms with van der Waals surface area (Å²) in [7, 11) is 0. The molecule has 0 unspecified atom stereocenters. The lowest BCUT2D eigenvalue weighted by molar-refractivity contribution is 0.695. The molecule has 1 aromatic rings. The molecule has 3 nitrogen and oxygen atoms in total. The Morgan fingerprint density at radius 3 is 2.75 bits per heavy atom. The van der Waals surface area contributed by atoms with Crippen molar-refractivity contribution in [2.45, 2.75) is 33.1 Å². The maximum atomic E-state index is 9.04. The van der Waals surface area contributed by atoms with Gasteiger partial charge in [0.2, 0.25) is 0 Å². The standard InChI is InChI=1S/C13H19N3/c1-3-5-10-16(9-4-2)13-12(11-14)7-6-8-15-13/h6-8H,3-5,9-10H2,1-2H3. The third-order valence-corrected chi connectivity index (χ3v) is 2.48. The molecule has 3 heteroatoms. The number of unbranched alkanes of at least 4 members (excludes halogenated alkanes) is 1. The second-order valence-electron chi connectivity index (χ2n) is 3.83. The van der Waals surface area contributed by atoms with E-state index in [1.165, 1.54) is 0 Å². The molecule has 0 amide bonds. The molecule has 1 heterocycles. The van der Waals surface area contributed by atoms with E-state index in [4.69, 9.17) is 5.26 Å². The van der Waals surface area contributed by atoms with Gasteiger partial charge < -0.3 is 4.90 Å². The molecule has 0 radical (unpaired) electrons. The van der Waals surface area contributed by atoms with Gasteiger partial charge in [-0.1, -0.05) is 20.3 Å². The minimum Gasteiger partial charge on any atom is -0.356 e. The smallest absolute Gasteiger partial charge is 0.146 e. The van der Waals surface area contributed by atoms with E-state index in [9.17, 15) is 0 Å². The molecular formula is C13H19N3. The predicted octanol–water partition coefficient (Wildman–Crippen LogP) is 2.97. The van der Waals surface area contributed by atoms with Crippen LogP contribution in [0.2, 0.25) is 0 Å². The van der Waals surface area contributed by atoms with Crippen molar-refractivity contribution in [2.24, 2.45) is 0 Å². The first-order valence-electron chi connectivity index (χ1n) is 5.93. The van der Waals surface area contributed by atoms with E-state index in [0.29, 0.717) is 5.56 Å². The molecule has 0 aliphatic rings. The van der Waals surface area contributed by atoms with Gasteiger partial charge in [-0.05, 0) is 25.0 Å². The van der Waals surface area contributed by atoms with E-state index in [0.717, 1.165) is 38.2 Å². The van der Waals surface area contributed by atoms with Crippen molar-refractivity contribution >= 4 is 5.82 Å². The van der Waals surface area contributed by atoms with E-state index in [1.54, 1.807) is 6.20 Å². The summed E-state index contributed by atoms with van der Waals surface area (Å²) >= 11 is 0. The van der Waals surface area contributed by atoms with Crippen LogP contribution in [0.15, 0.2) is 18.3 Å². The van der Waals surface area contributed by atoms with Gasteiger partial charge in [-0.2, -0.15) is 5.26 Å². The fourth-order valence-corrected chi connectivity index (χ4v) is 1.68. The van der Waals surface area contributed by atoms with Crippen LogP contribution in [0.4, 0.5) is 5.82 Å². The lowest BCUT2D eigenvalue weighted by Gasteiger charge is -2.23. The lowest BCUT2D eigenvalue weighted by atomic mass is 10.2. The predicted molar refractivity (Wildman–Crippen MR) is 66.4 cm³/mol. The highest BCUT2D eigenvalue weighted by Gasteiger charge is 2.10. The van der Waals surface area contributed by atoms with Crippen molar-refractivity contribution in [2.75, 3.05) is 18.0 Å². The first-order chi connectivity index (χ1) is 7.83. The van der Waals surface area contributed by atoms with Crippen LogP contribution < -0.4 is 4.90 Å². The lowest BCUT2D eigenvalue weighted by Crippen LogP contribution is -2.27. The van der Waals surface area contributed by atoms with Crippen LogP contribution in [0, 0.1) is 11.3 Å². The van der Waals surface area contributed by atoms with E-state index in [2.05, 4.69) is 29.8 Å². The van der Waals surface area contributed by atoms with Gasteiger partial charge in [-0.15, -0.1) is 0 Å². The zero-order chi connectivity index (χ0) is 11.8. The van der Waals surface area contributed by atoms with Crippen LogP contribution in [-0.2, 0) is 0 Å². The normalized spacial score (nSPS) is 9.81. The summed E-state index contributed by atoms with van der Waals surface area (Å²) in [4.78, 5) is 6.54. The van der Waals surface area contributed by atoms with Gasteiger partial charge in [-0.3, -0.25) is 0 Å². The molecule has 0 aliphatic heterocycles. The topological polar surface area (TPSA) is 39.9 Å². The summed E-state index contributed by atoms with van der Waals surface area (Å²) in [5.41, 5.74) is 0.673. The zero-order valence-electron chi connectivity index (χ0n) is 10.1. The van der Waals surface area contributed by atoms with Gasteiger partial charge in [0, 0.05) is 19.3 Å². The van der Waals surface area contributed by atoms with Crippen LogP contribution in [-0.4, -0.2) is 18.1 Å². The minimum absolute atomic E-state index is 0.673. The van der Waals surface area contributed by atoms with Crippen LogP contribution in [0.5, 0.6) is 0 Å². The van der Waals surface area contributed by atoms with Crippen molar-refractivity contribution in [3.05, 3.63) is 23.9 Å². The Morgan fingerprint density at radius 2 is 2.12 bits per heavy atom. The average molecular weight is 217 g/mol. The molecule has 0 saturated heterocycles. The molecule has 0 fully saturated rings. The van der Waals surface area contributed by atoms with E-state index in [-0.39, 0.29) is 0 Å². The van der Waals surface area contributed by atoms with Crippen LogP contribution in [0.3, 0.4) is 0 Å². The molecule has 0 atom stereocenters. The Morgan fingerprint density at radius 1 is 1.31 bits per heavy atom. The number of nitrogens with zero attached hydrogens (tertiary/aromatic N) is 3. The quantitative estimate of drug-likeness (QED) is 0.735. The van der Waals surface area contributed by atoms with Crippen LogP contribution in [0.25, 0.3) is 0 Å². The number of rotatable bonds is 6. The monoisotopic (exact) mass is 217 g/mol. The molecule has 0 aromatic carbocycles. The molecule has 0 bridgehead atoms. The average Bonchev–Trinajstić information content (AvgIpc) is 2.34. The highest BCUT2D eigenvalue weighted by atomic mass is 15.2. The number of hydrogen-bond acceptors (Lipinski definition) is 3. The van der Waals surface area contributed by atoms with Crippen molar-refractivity contribution in [3.63, 3.8) is 0 Å². The SMILES string of the molecule is CCCCN(CCC)c1ncccc1C#N. The molecule has 1 rings (SSSR count). The van der Waals surface area contributed by atoms with Crippen molar-refractivity contribution in [1.29, 1.82) is 5.26 Å². The Hall–Kier alpha value is -1.56. The summed E-state index contributed by atoms with van der Waals surface area (Å²) < 4.78 is 0. The van der Waals surface area contributed by atoms with Crippen molar-refractivity contribution in [1.82, 2.24) is 4.98 Å². The van der Waals surface area contributed by atoms with E-state index < -0.39 is 0 Å². The second kappa shape index (κ2) is 6.84. The summed E-state index contributed by atoms with van der Waals surface area (Å²) in [5.74, 6) is 0.834. The van der Waals surface area contributed by atoms with Crippen molar-refractivity contribution < 1.29 is 0 Å². The van der Waals surface area contributed by atoms with Crippen molar-refractivity contribution in [3.8, 4) is 6.07 Å². The molecule has 0 spiro atoms. The van der Waals surface area contributed by atoms with Gasteiger partial charge in [0.1, 0.15) is 11.9 Å². The maximum Gasteiger partial charge on any atom is 0.146 e. The molecule has 86 valence electrons. The fraction of sp³-hybridized carbons (Fsp3) is 0.538. The largest absolute Gasteiger partial charge is 0.356 e. The summed E-state index contributed by atoms with van der Waals surface area (Å²) in [6, 6.07) is 5.85. The third-order valence-electron chi connectivity index (χ3n) is 2.48. The van der Waals surface area contributed by atoms with Gasteiger partial charge >= 0.3 is 0 Å². The summed E-state index contributed by atoms with van der Waals surface area (Å²) in [5, 5.41) is 9.04. The van der Waals surface area contributed by atoms with Gasteiger partial charge in [0.05, 0.1) is 5.56 Å². The van der Waals surface area contributed by atoms with Crippen LogP contribution >= 0.6 is 0 Å². The molecule has 16 heavy (non-hydrogen) atoms. The van der Waals surface area contributed by atoms with Gasteiger partial charge in [-0.25, -0.2) is 4.98 Å². The first kappa shape index (κ1) is 12.5. The van der Waals surface area contributed by atoms with E-state index in [1.807, 2.05) is 12.1 Å². The number of pyridine rings is 1. The Labute approximate surface area is 97.7 Å². The molecular weight excluding hydrogens is 198 g/mol. The van der Waals surface area contributed by atoms with E-state index >= 15 is 0 Å². The highest BCUT2D eigenvalue weighted by molar-refractivity contribution is 5.53.